The van der Waals surface area contributed by atoms with Crippen LogP contribution in [0.2, 0.25) is 0 Å². The monoisotopic (exact) mass is 316 g/mol. The van der Waals surface area contributed by atoms with E-state index in [1.54, 1.807) is 38.5 Å². The van der Waals surface area contributed by atoms with Crippen molar-refractivity contribution in [3.05, 3.63) is 58.5 Å². The Morgan fingerprint density at radius 3 is 2.52 bits per heavy atom. The van der Waals surface area contributed by atoms with E-state index in [9.17, 15) is 9.59 Å². The number of ether oxygens (including phenoxy) is 2. The highest BCUT2D eigenvalue weighted by Gasteiger charge is 2.08. The number of hydrogen-bond donors (Lipinski definition) is 1. The summed E-state index contributed by atoms with van der Waals surface area (Å²) in [7, 11) is 3.20. The summed E-state index contributed by atoms with van der Waals surface area (Å²) in [6.07, 6.45) is 2.27. The fourth-order valence-corrected chi connectivity index (χ4v) is 2.09. The molecule has 1 aromatic heterocycles. The Kier molecular flexibility index (Phi) is 5.94. The Hall–Kier alpha value is -2.60. The van der Waals surface area contributed by atoms with Crippen LogP contribution in [0.1, 0.15) is 16.8 Å². The normalized spacial score (nSPS) is 10.3. The molecule has 0 atom stereocenters. The van der Waals surface area contributed by atoms with Gasteiger partial charge in [0.15, 0.2) is 0 Å². The lowest BCUT2D eigenvalue weighted by atomic mass is 10.2. The van der Waals surface area contributed by atoms with Crippen molar-refractivity contribution in [1.29, 1.82) is 0 Å². The highest BCUT2D eigenvalue weighted by atomic mass is 16.5. The van der Waals surface area contributed by atoms with Gasteiger partial charge < -0.3 is 14.8 Å². The molecule has 1 aromatic carbocycles. The molecular weight excluding hydrogens is 296 g/mol. The summed E-state index contributed by atoms with van der Waals surface area (Å²) in [5.74, 6) is 0.484. The van der Waals surface area contributed by atoms with Crippen LogP contribution in [0.4, 0.5) is 0 Å². The zero-order chi connectivity index (χ0) is 16.7. The van der Waals surface area contributed by atoms with Crippen molar-refractivity contribution in [1.82, 2.24) is 9.88 Å². The third kappa shape index (κ3) is 4.43. The number of amides is 1. The molecule has 0 fully saturated rings. The first kappa shape index (κ1) is 16.8. The van der Waals surface area contributed by atoms with Crippen molar-refractivity contribution in [2.75, 3.05) is 27.4 Å². The van der Waals surface area contributed by atoms with E-state index in [2.05, 4.69) is 5.32 Å². The maximum absolute atomic E-state index is 12.1. The highest BCUT2D eigenvalue weighted by Crippen LogP contribution is 2.14. The molecule has 0 aliphatic rings. The largest absolute Gasteiger partial charge is 0.497 e. The van der Waals surface area contributed by atoms with Crippen molar-refractivity contribution in [2.24, 2.45) is 0 Å². The number of aromatic nitrogens is 1. The summed E-state index contributed by atoms with van der Waals surface area (Å²) >= 11 is 0. The average molecular weight is 316 g/mol. The van der Waals surface area contributed by atoms with Gasteiger partial charge in [-0.2, -0.15) is 0 Å². The van der Waals surface area contributed by atoms with Crippen LogP contribution in [0.15, 0.2) is 47.4 Å². The first-order chi connectivity index (χ1) is 11.2. The summed E-state index contributed by atoms with van der Waals surface area (Å²) in [5, 5.41) is 2.80. The smallest absolute Gasteiger partial charge is 0.255 e. The Labute approximate surface area is 134 Å². The van der Waals surface area contributed by atoms with Gasteiger partial charge in [-0.3, -0.25) is 14.2 Å². The summed E-state index contributed by atoms with van der Waals surface area (Å²) in [5.41, 5.74) is 0.897. The molecule has 0 bridgehead atoms. The molecule has 1 amide bonds. The molecule has 0 aliphatic heterocycles. The van der Waals surface area contributed by atoms with Crippen molar-refractivity contribution in [3.8, 4) is 11.4 Å². The van der Waals surface area contributed by atoms with E-state index < -0.39 is 0 Å². The summed E-state index contributed by atoms with van der Waals surface area (Å²) in [4.78, 5) is 24.1. The van der Waals surface area contributed by atoms with Crippen LogP contribution in [0.5, 0.6) is 5.75 Å². The minimum absolute atomic E-state index is 0.203. The zero-order valence-electron chi connectivity index (χ0n) is 13.2. The molecule has 0 unspecified atom stereocenters. The molecule has 6 heteroatoms. The molecule has 1 heterocycles. The average Bonchev–Trinajstić information content (AvgIpc) is 2.59. The molecule has 122 valence electrons. The van der Waals surface area contributed by atoms with Crippen LogP contribution in [-0.4, -0.2) is 37.8 Å². The Bertz CT molecular complexity index is 707. The lowest BCUT2D eigenvalue weighted by molar-refractivity contribution is 0.0948. The van der Waals surface area contributed by atoms with Gasteiger partial charge in [-0.15, -0.1) is 0 Å². The fraction of sp³-hybridized carbons (Fsp3) is 0.294. The Morgan fingerprint density at radius 1 is 1.13 bits per heavy atom. The fourth-order valence-electron chi connectivity index (χ4n) is 2.09. The lowest BCUT2D eigenvalue weighted by Crippen LogP contribution is -2.27. The summed E-state index contributed by atoms with van der Waals surface area (Å²) in [6, 6.07) is 9.96. The summed E-state index contributed by atoms with van der Waals surface area (Å²) < 4.78 is 11.5. The van der Waals surface area contributed by atoms with Crippen molar-refractivity contribution < 1.29 is 14.3 Å². The molecule has 0 saturated carbocycles. The SMILES string of the molecule is COCCCNC(=O)c1ccc(=O)n(-c2ccc(OC)cc2)c1. The van der Waals surface area contributed by atoms with Gasteiger partial charge in [0.2, 0.25) is 0 Å². The summed E-state index contributed by atoms with van der Waals surface area (Å²) in [6.45, 7) is 1.11. The molecule has 0 saturated heterocycles. The molecule has 23 heavy (non-hydrogen) atoms. The minimum Gasteiger partial charge on any atom is -0.497 e. The van der Waals surface area contributed by atoms with Gasteiger partial charge in [0.25, 0.3) is 11.5 Å². The predicted octanol–water partition coefficient (Wildman–Crippen LogP) is 1.61. The van der Waals surface area contributed by atoms with E-state index in [1.165, 1.54) is 22.9 Å². The second kappa shape index (κ2) is 8.14. The lowest BCUT2D eigenvalue weighted by Gasteiger charge is -2.09. The predicted molar refractivity (Wildman–Crippen MR) is 87.4 cm³/mol. The van der Waals surface area contributed by atoms with E-state index in [0.29, 0.717) is 30.2 Å². The van der Waals surface area contributed by atoms with E-state index >= 15 is 0 Å². The van der Waals surface area contributed by atoms with Crippen LogP contribution in [-0.2, 0) is 4.74 Å². The van der Waals surface area contributed by atoms with Crippen LogP contribution >= 0.6 is 0 Å². The number of carbonyl (C=O) groups excluding carboxylic acids is 1. The van der Waals surface area contributed by atoms with Gasteiger partial charge >= 0.3 is 0 Å². The van der Waals surface area contributed by atoms with Crippen LogP contribution in [0.3, 0.4) is 0 Å². The van der Waals surface area contributed by atoms with Gasteiger partial charge in [0.1, 0.15) is 5.75 Å². The quantitative estimate of drug-likeness (QED) is 0.788. The maximum Gasteiger partial charge on any atom is 0.255 e. The second-order valence-corrected chi connectivity index (χ2v) is 4.93. The van der Waals surface area contributed by atoms with Crippen LogP contribution in [0.25, 0.3) is 5.69 Å². The molecule has 0 radical (unpaired) electrons. The molecule has 2 aromatic rings. The second-order valence-electron chi connectivity index (χ2n) is 4.93. The molecule has 0 aliphatic carbocycles. The van der Waals surface area contributed by atoms with E-state index in [0.717, 1.165) is 6.42 Å². The highest BCUT2D eigenvalue weighted by molar-refractivity contribution is 5.93. The van der Waals surface area contributed by atoms with E-state index in [4.69, 9.17) is 9.47 Å². The number of pyridine rings is 1. The van der Waals surface area contributed by atoms with E-state index in [-0.39, 0.29) is 11.5 Å². The van der Waals surface area contributed by atoms with Crippen molar-refractivity contribution >= 4 is 5.91 Å². The van der Waals surface area contributed by atoms with Gasteiger partial charge in [0, 0.05) is 38.2 Å². The number of benzene rings is 1. The van der Waals surface area contributed by atoms with Gasteiger partial charge in [0.05, 0.1) is 12.7 Å². The zero-order valence-corrected chi connectivity index (χ0v) is 13.2. The first-order valence-corrected chi connectivity index (χ1v) is 7.30. The number of nitrogens with zero attached hydrogens (tertiary/aromatic N) is 1. The minimum atomic E-state index is -0.219. The number of nitrogens with one attached hydrogen (secondary N) is 1. The van der Waals surface area contributed by atoms with Crippen molar-refractivity contribution in [3.63, 3.8) is 0 Å². The standard InChI is InChI=1S/C17H20N2O4/c1-22-11-3-10-18-17(21)13-4-9-16(20)19(12-13)14-5-7-15(23-2)8-6-14/h4-9,12H,3,10-11H2,1-2H3,(H,18,21). The third-order valence-corrected chi connectivity index (χ3v) is 3.33. The number of methoxy groups -OCH3 is 2. The Balaban J connectivity index is 2.17. The number of carbonyl (C=O) groups is 1. The van der Waals surface area contributed by atoms with Gasteiger partial charge in [-0.05, 0) is 36.8 Å². The van der Waals surface area contributed by atoms with Gasteiger partial charge in [-0.25, -0.2) is 0 Å². The van der Waals surface area contributed by atoms with Gasteiger partial charge in [-0.1, -0.05) is 0 Å². The molecular formula is C17H20N2O4. The third-order valence-electron chi connectivity index (χ3n) is 3.33. The number of hydrogen-bond acceptors (Lipinski definition) is 4. The first-order valence-electron chi connectivity index (χ1n) is 7.30. The maximum atomic E-state index is 12.1. The van der Waals surface area contributed by atoms with Crippen LogP contribution < -0.4 is 15.6 Å². The van der Waals surface area contributed by atoms with Crippen molar-refractivity contribution in [2.45, 2.75) is 6.42 Å². The topological polar surface area (TPSA) is 69.6 Å². The van der Waals surface area contributed by atoms with Crippen LogP contribution in [0, 0.1) is 0 Å². The molecule has 0 spiro atoms. The Morgan fingerprint density at radius 2 is 1.87 bits per heavy atom. The van der Waals surface area contributed by atoms with E-state index in [1.807, 2.05) is 0 Å². The molecule has 6 nitrogen and oxygen atoms in total. The number of rotatable bonds is 7. The molecule has 2 rings (SSSR count). The molecule has 1 N–H and O–H groups in total.